The van der Waals surface area contributed by atoms with Crippen LogP contribution in [0.4, 0.5) is 0 Å². The molecule has 0 saturated heterocycles. The summed E-state index contributed by atoms with van der Waals surface area (Å²) >= 11 is 0. The van der Waals surface area contributed by atoms with Crippen LogP contribution in [0, 0.1) is 20.8 Å². The molecule has 22 heavy (non-hydrogen) atoms. The molecule has 0 aliphatic rings. The maximum Gasteiger partial charge on any atom is 0.271 e. The third kappa shape index (κ3) is 3.73. The number of nitrogens with zero attached hydrogens (tertiary/aromatic N) is 1. The average molecular weight is 296 g/mol. The number of hydrazone groups is 1. The van der Waals surface area contributed by atoms with Gasteiger partial charge in [0.15, 0.2) is 0 Å². The minimum atomic E-state index is -0.249. The Kier molecular flexibility index (Phi) is 4.94. The van der Waals surface area contributed by atoms with Gasteiger partial charge in [0.1, 0.15) is 5.75 Å². The highest BCUT2D eigenvalue weighted by Gasteiger charge is 2.05. The van der Waals surface area contributed by atoms with Crippen molar-refractivity contribution in [2.75, 3.05) is 7.11 Å². The van der Waals surface area contributed by atoms with Crippen molar-refractivity contribution < 1.29 is 9.53 Å². The molecule has 1 N–H and O–H groups in total. The van der Waals surface area contributed by atoms with Gasteiger partial charge in [0.25, 0.3) is 5.91 Å². The van der Waals surface area contributed by atoms with Crippen LogP contribution in [0.1, 0.15) is 32.6 Å². The fraction of sp³-hybridized carbons (Fsp3) is 0.222. The number of aryl methyl sites for hydroxylation is 3. The molecule has 0 aliphatic carbocycles. The largest absolute Gasteiger partial charge is 0.497 e. The lowest BCUT2D eigenvalue weighted by Crippen LogP contribution is -2.17. The van der Waals surface area contributed by atoms with Crippen molar-refractivity contribution in [3.63, 3.8) is 0 Å². The quantitative estimate of drug-likeness (QED) is 0.694. The van der Waals surface area contributed by atoms with E-state index in [1.54, 1.807) is 37.6 Å². The van der Waals surface area contributed by atoms with E-state index in [9.17, 15) is 4.79 Å². The van der Waals surface area contributed by atoms with Gasteiger partial charge in [-0.1, -0.05) is 17.7 Å². The van der Waals surface area contributed by atoms with Gasteiger partial charge < -0.3 is 4.74 Å². The zero-order valence-corrected chi connectivity index (χ0v) is 13.3. The van der Waals surface area contributed by atoms with Crippen LogP contribution in [0.25, 0.3) is 0 Å². The number of ether oxygens (including phenoxy) is 1. The van der Waals surface area contributed by atoms with Crippen molar-refractivity contribution in [1.82, 2.24) is 5.43 Å². The monoisotopic (exact) mass is 296 g/mol. The highest BCUT2D eigenvalue weighted by Crippen LogP contribution is 2.14. The van der Waals surface area contributed by atoms with Crippen LogP contribution in [0.5, 0.6) is 5.75 Å². The van der Waals surface area contributed by atoms with E-state index in [0.717, 1.165) is 16.7 Å². The average Bonchev–Trinajstić information content (AvgIpc) is 2.49. The topological polar surface area (TPSA) is 50.7 Å². The first-order valence-electron chi connectivity index (χ1n) is 7.06. The summed E-state index contributed by atoms with van der Waals surface area (Å²) in [4.78, 5) is 12.0. The number of carbonyl (C=O) groups excluding carboxylic acids is 1. The summed E-state index contributed by atoms with van der Waals surface area (Å²) in [7, 11) is 1.59. The molecule has 0 atom stereocenters. The van der Waals surface area contributed by atoms with Gasteiger partial charge in [-0.2, -0.15) is 5.10 Å². The molecular formula is C18H20N2O2. The van der Waals surface area contributed by atoms with Gasteiger partial charge in [0, 0.05) is 11.1 Å². The Morgan fingerprint density at radius 3 is 2.23 bits per heavy atom. The molecule has 4 nitrogen and oxygen atoms in total. The zero-order valence-electron chi connectivity index (χ0n) is 13.3. The van der Waals surface area contributed by atoms with Crippen LogP contribution < -0.4 is 10.2 Å². The maximum absolute atomic E-state index is 12.0. The van der Waals surface area contributed by atoms with Crippen LogP contribution in [0.15, 0.2) is 41.5 Å². The lowest BCUT2D eigenvalue weighted by atomic mass is 10.0. The lowest BCUT2D eigenvalue weighted by molar-refractivity contribution is 0.0955. The number of hydrogen-bond acceptors (Lipinski definition) is 3. The summed E-state index contributed by atoms with van der Waals surface area (Å²) in [5.41, 5.74) is 7.60. The van der Waals surface area contributed by atoms with Gasteiger partial charge >= 0.3 is 0 Å². The number of methoxy groups -OCH3 is 1. The van der Waals surface area contributed by atoms with Crippen molar-refractivity contribution in [1.29, 1.82) is 0 Å². The van der Waals surface area contributed by atoms with E-state index in [4.69, 9.17) is 4.74 Å². The van der Waals surface area contributed by atoms with Crippen molar-refractivity contribution in [3.05, 3.63) is 64.2 Å². The first-order valence-corrected chi connectivity index (χ1v) is 7.06. The molecule has 0 saturated carbocycles. The Balaban J connectivity index is 2.07. The van der Waals surface area contributed by atoms with Crippen molar-refractivity contribution in [2.45, 2.75) is 20.8 Å². The van der Waals surface area contributed by atoms with Gasteiger partial charge in [-0.15, -0.1) is 0 Å². The molecule has 0 spiro atoms. The molecule has 2 rings (SSSR count). The second kappa shape index (κ2) is 6.89. The van der Waals surface area contributed by atoms with E-state index in [1.807, 2.05) is 13.8 Å². The van der Waals surface area contributed by atoms with Gasteiger partial charge in [-0.05, 0) is 56.2 Å². The van der Waals surface area contributed by atoms with Crippen LogP contribution in [0.3, 0.4) is 0 Å². The number of nitrogens with one attached hydrogen (secondary N) is 1. The molecule has 0 radical (unpaired) electrons. The highest BCUT2D eigenvalue weighted by molar-refractivity contribution is 5.95. The summed E-state index contributed by atoms with van der Waals surface area (Å²) in [6.45, 7) is 6.13. The molecule has 0 bridgehead atoms. The summed E-state index contributed by atoms with van der Waals surface area (Å²) < 4.78 is 5.06. The fourth-order valence-electron chi connectivity index (χ4n) is 2.36. The standard InChI is InChI=1S/C18H20N2O2/c1-12-9-13(2)17(14(3)10-12)11-19-20-18(21)15-5-7-16(22-4)8-6-15/h5-11H,1-4H3,(H,20,21)/b19-11+. The van der Waals surface area contributed by atoms with Crippen LogP contribution >= 0.6 is 0 Å². The van der Waals surface area contributed by atoms with Crippen LogP contribution in [-0.4, -0.2) is 19.2 Å². The summed E-state index contributed by atoms with van der Waals surface area (Å²) in [5.74, 6) is 0.465. The number of benzene rings is 2. The number of amides is 1. The van der Waals surface area contributed by atoms with E-state index < -0.39 is 0 Å². The summed E-state index contributed by atoms with van der Waals surface area (Å²) in [6, 6.07) is 11.1. The second-order valence-electron chi connectivity index (χ2n) is 5.24. The van der Waals surface area contributed by atoms with Crippen molar-refractivity contribution in [2.24, 2.45) is 5.10 Å². The van der Waals surface area contributed by atoms with E-state index in [2.05, 4.69) is 29.6 Å². The van der Waals surface area contributed by atoms with E-state index in [-0.39, 0.29) is 5.91 Å². The zero-order chi connectivity index (χ0) is 16.1. The predicted molar refractivity (Wildman–Crippen MR) is 88.7 cm³/mol. The summed E-state index contributed by atoms with van der Waals surface area (Å²) in [5, 5.41) is 4.06. The molecule has 2 aromatic carbocycles. The number of hydrogen-bond donors (Lipinski definition) is 1. The van der Waals surface area contributed by atoms with E-state index in [1.165, 1.54) is 5.56 Å². The van der Waals surface area contributed by atoms with Gasteiger partial charge in [0.05, 0.1) is 13.3 Å². The molecule has 1 amide bonds. The number of rotatable bonds is 4. The molecular weight excluding hydrogens is 276 g/mol. The Hall–Kier alpha value is -2.62. The molecule has 0 aromatic heterocycles. The third-order valence-electron chi connectivity index (χ3n) is 3.45. The maximum atomic E-state index is 12.0. The summed E-state index contributed by atoms with van der Waals surface area (Å²) in [6.07, 6.45) is 1.69. The van der Waals surface area contributed by atoms with Gasteiger partial charge in [0.2, 0.25) is 0 Å². The van der Waals surface area contributed by atoms with Gasteiger partial charge in [-0.25, -0.2) is 5.43 Å². The SMILES string of the molecule is COc1ccc(C(=O)N/N=C/c2c(C)cc(C)cc2C)cc1. The van der Waals surface area contributed by atoms with Crippen molar-refractivity contribution in [3.8, 4) is 5.75 Å². The highest BCUT2D eigenvalue weighted by atomic mass is 16.5. The Morgan fingerprint density at radius 1 is 1.09 bits per heavy atom. The van der Waals surface area contributed by atoms with Crippen LogP contribution in [-0.2, 0) is 0 Å². The smallest absolute Gasteiger partial charge is 0.271 e. The van der Waals surface area contributed by atoms with Crippen LogP contribution in [0.2, 0.25) is 0 Å². The van der Waals surface area contributed by atoms with Crippen molar-refractivity contribution >= 4 is 12.1 Å². The third-order valence-corrected chi connectivity index (χ3v) is 3.45. The molecule has 0 heterocycles. The Labute approximate surface area is 130 Å². The molecule has 114 valence electrons. The molecule has 4 heteroatoms. The first kappa shape index (κ1) is 15.8. The molecule has 0 unspecified atom stereocenters. The normalized spacial score (nSPS) is 10.7. The van der Waals surface area contributed by atoms with E-state index >= 15 is 0 Å². The Morgan fingerprint density at radius 2 is 1.68 bits per heavy atom. The second-order valence-corrected chi connectivity index (χ2v) is 5.24. The molecule has 2 aromatic rings. The first-order chi connectivity index (χ1) is 10.5. The fourth-order valence-corrected chi connectivity index (χ4v) is 2.36. The van der Waals surface area contributed by atoms with E-state index in [0.29, 0.717) is 11.3 Å². The number of carbonyl (C=O) groups is 1. The minimum absolute atomic E-state index is 0.249. The predicted octanol–water partition coefficient (Wildman–Crippen LogP) is 3.38. The molecule has 0 fully saturated rings. The minimum Gasteiger partial charge on any atom is -0.497 e. The Bertz CT molecular complexity index is 681. The lowest BCUT2D eigenvalue weighted by Gasteiger charge is -2.06. The molecule has 0 aliphatic heterocycles. The van der Waals surface area contributed by atoms with Gasteiger partial charge in [-0.3, -0.25) is 4.79 Å².